The molecular formula is C45H50BrN9O10. The number of fused-ring (bicyclic) bond motifs is 2. The fourth-order valence-corrected chi connectivity index (χ4v) is 8.02. The van der Waals surface area contributed by atoms with Gasteiger partial charge < -0.3 is 49.6 Å². The van der Waals surface area contributed by atoms with Gasteiger partial charge in [0.1, 0.15) is 30.1 Å². The van der Waals surface area contributed by atoms with Gasteiger partial charge >= 0.3 is 0 Å². The molecule has 6 amide bonds. The third kappa shape index (κ3) is 11.1. The highest BCUT2D eigenvalue weighted by molar-refractivity contribution is 9.10. The first-order valence-corrected chi connectivity index (χ1v) is 21.9. The lowest BCUT2D eigenvalue weighted by molar-refractivity contribution is -0.137. The first kappa shape index (κ1) is 46.5. The van der Waals surface area contributed by atoms with Gasteiger partial charge in [-0.25, -0.2) is 4.98 Å². The number of carbonyl (C=O) groups excluding carboxylic acids is 6. The number of rotatable bonds is 20. The molecule has 2 atom stereocenters. The summed E-state index contributed by atoms with van der Waals surface area (Å²) in [6.45, 7) is 3.77. The first-order valence-electron chi connectivity index (χ1n) is 21.1. The van der Waals surface area contributed by atoms with E-state index in [1.807, 2.05) is 36.1 Å². The molecule has 20 heteroatoms. The van der Waals surface area contributed by atoms with Crippen molar-refractivity contribution in [1.29, 1.82) is 0 Å². The number of halogens is 1. The minimum Gasteiger partial charge on any atom is -0.495 e. The Hall–Kier alpha value is -6.48. The quantitative estimate of drug-likeness (QED) is 0.0729. The summed E-state index contributed by atoms with van der Waals surface area (Å²) in [5, 5.41) is 11.1. The SMILES string of the molecule is CC[C@@H]1C(=O)N(C)c2cnc(Nc3ccc(C(=O)NCCOCCOCCOCC(=O)Nc4cccc5c4CN(C4CCC(=O)NC4=O)C5=O)cc3OC)nc2N1Cc1ccc(Br)cc1. The summed E-state index contributed by atoms with van der Waals surface area (Å²) in [5.74, 6) is -0.643. The summed E-state index contributed by atoms with van der Waals surface area (Å²) in [6.07, 6.45) is 2.61. The zero-order chi connectivity index (χ0) is 46.0. The Bertz CT molecular complexity index is 2440. The van der Waals surface area contributed by atoms with E-state index in [0.29, 0.717) is 64.2 Å². The second-order valence-corrected chi connectivity index (χ2v) is 16.2. The Morgan fingerprint density at radius 3 is 2.43 bits per heavy atom. The number of hydrogen-bond acceptors (Lipinski definition) is 14. The fraction of sp³-hybridized carbons (Fsp3) is 0.378. The molecule has 0 saturated carbocycles. The van der Waals surface area contributed by atoms with Crippen molar-refractivity contribution in [1.82, 2.24) is 25.5 Å². The molecule has 3 aromatic carbocycles. The summed E-state index contributed by atoms with van der Waals surface area (Å²) < 4.78 is 23.2. The van der Waals surface area contributed by atoms with Crippen LogP contribution in [0.1, 0.15) is 58.0 Å². The molecule has 4 aromatic rings. The largest absolute Gasteiger partial charge is 0.495 e. The summed E-state index contributed by atoms with van der Waals surface area (Å²) in [5.41, 5.74) is 3.99. The number of carbonyl (C=O) groups is 6. The van der Waals surface area contributed by atoms with Crippen LogP contribution in [-0.2, 0) is 46.5 Å². The van der Waals surface area contributed by atoms with Crippen LogP contribution in [-0.4, -0.2) is 123 Å². The molecular weight excluding hydrogens is 906 g/mol. The monoisotopic (exact) mass is 955 g/mol. The first-order chi connectivity index (χ1) is 31.4. The Morgan fingerprint density at radius 1 is 0.938 bits per heavy atom. The molecule has 0 spiro atoms. The zero-order valence-electron chi connectivity index (χ0n) is 36.2. The van der Waals surface area contributed by atoms with Gasteiger partial charge in [0, 0.05) is 60.0 Å². The average molecular weight is 957 g/mol. The van der Waals surface area contributed by atoms with Crippen molar-refractivity contribution in [2.45, 2.75) is 51.4 Å². The number of nitrogens with zero attached hydrogens (tertiary/aromatic N) is 5. The van der Waals surface area contributed by atoms with Crippen LogP contribution in [0.4, 0.5) is 28.8 Å². The van der Waals surface area contributed by atoms with E-state index in [1.165, 1.54) is 12.0 Å². The van der Waals surface area contributed by atoms with E-state index in [0.717, 1.165) is 10.0 Å². The third-order valence-electron chi connectivity index (χ3n) is 11.1. The molecule has 19 nitrogen and oxygen atoms in total. The predicted molar refractivity (Wildman–Crippen MR) is 242 cm³/mol. The highest BCUT2D eigenvalue weighted by atomic mass is 79.9. The van der Waals surface area contributed by atoms with Crippen molar-refractivity contribution in [2.75, 3.05) is 80.8 Å². The smallest absolute Gasteiger partial charge is 0.255 e. The van der Waals surface area contributed by atoms with E-state index in [-0.39, 0.29) is 89.2 Å². The van der Waals surface area contributed by atoms with Crippen molar-refractivity contribution < 1.29 is 47.7 Å². The van der Waals surface area contributed by atoms with E-state index in [1.54, 1.807) is 54.5 Å². The van der Waals surface area contributed by atoms with E-state index in [4.69, 9.17) is 23.9 Å². The molecule has 7 rings (SSSR count). The van der Waals surface area contributed by atoms with Gasteiger partial charge in [0.25, 0.3) is 11.8 Å². The number of benzene rings is 3. The number of hydrogen-bond donors (Lipinski definition) is 4. The number of ether oxygens (including phenoxy) is 4. The fourth-order valence-electron chi connectivity index (χ4n) is 7.75. The van der Waals surface area contributed by atoms with Crippen molar-refractivity contribution in [3.8, 4) is 5.75 Å². The molecule has 65 heavy (non-hydrogen) atoms. The van der Waals surface area contributed by atoms with Gasteiger partial charge in [-0.05, 0) is 60.9 Å². The molecule has 1 unspecified atom stereocenters. The maximum Gasteiger partial charge on any atom is 0.255 e. The Morgan fingerprint density at radius 2 is 1.69 bits per heavy atom. The molecule has 3 aliphatic rings. The number of nitrogens with one attached hydrogen (secondary N) is 4. The van der Waals surface area contributed by atoms with Crippen molar-refractivity contribution >= 4 is 80.2 Å². The van der Waals surface area contributed by atoms with Gasteiger partial charge in [-0.2, -0.15) is 4.98 Å². The number of imide groups is 1. The predicted octanol–water partition coefficient (Wildman–Crippen LogP) is 3.93. The molecule has 1 aromatic heterocycles. The Labute approximate surface area is 383 Å². The molecule has 0 aliphatic carbocycles. The molecule has 0 bridgehead atoms. The summed E-state index contributed by atoms with van der Waals surface area (Å²) >= 11 is 3.49. The second-order valence-electron chi connectivity index (χ2n) is 15.3. The van der Waals surface area contributed by atoms with Crippen molar-refractivity contribution in [3.63, 3.8) is 0 Å². The van der Waals surface area contributed by atoms with E-state index >= 15 is 0 Å². The lowest BCUT2D eigenvalue weighted by atomic mass is 10.0. The maximum absolute atomic E-state index is 13.3. The van der Waals surface area contributed by atoms with E-state index in [9.17, 15) is 28.8 Å². The number of anilines is 5. The molecule has 4 N–H and O–H groups in total. The molecule has 3 aliphatic heterocycles. The summed E-state index contributed by atoms with van der Waals surface area (Å²) in [6, 6.07) is 16.7. The van der Waals surface area contributed by atoms with Gasteiger partial charge in [-0.3, -0.25) is 34.1 Å². The molecule has 4 heterocycles. The number of likely N-dealkylation sites (N-methyl/N-ethyl adjacent to an activating group) is 1. The van der Waals surface area contributed by atoms with E-state index in [2.05, 4.69) is 42.2 Å². The minimum absolute atomic E-state index is 0.0304. The standard InChI is InChI=1S/C45H50BrN9O10/c1-4-34-44(61)53(2)36-23-48-45(52-40(36)54(34)24-27-8-11-29(46)12-9-27)50-33-13-10-28(22-37(33)62-3)41(58)47-16-17-63-18-19-64-20-21-65-26-39(57)49-32-7-5-6-30-31(32)25-55(43(30)60)35-14-15-38(56)51-42(35)59/h5-13,22-23,34-35H,4,14-21,24-26H2,1-3H3,(H,47,58)(H,49,57)(H,48,50,52)(H,51,56,59)/t34-,35?/m1/s1. The molecule has 0 radical (unpaired) electrons. The van der Waals surface area contributed by atoms with Crippen LogP contribution in [0.3, 0.4) is 0 Å². The number of aromatic nitrogens is 2. The average Bonchev–Trinajstić information content (AvgIpc) is 3.64. The zero-order valence-corrected chi connectivity index (χ0v) is 37.8. The normalized spacial score (nSPS) is 16.8. The van der Waals surface area contributed by atoms with Gasteiger partial charge in [0.05, 0.1) is 52.0 Å². The lowest BCUT2D eigenvalue weighted by Gasteiger charge is -2.40. The van der Waals surface area contributed by atoms with Crippen LogP contribution >= 0.6 is 15.9 Å². The maximum atomic E-state index is 13.3. The Balaban J connectivity index is 0.797. The minimum atomic E-state index is -0.754. The van der Waals surface area contributed by atoms with Crippen LogP contribution < -0.4 is 35.8 Å². The van der Waals surface area contributed by atoms with Crippen LogP contribution in [0.5, 0.6) is 5.75 Å². The van der Waals surface area contributed by atoms with Crippen LogP contribution in [0.25, 0.3) is 0 Å². The third-order valence-corrected chi connectivity index (χ3v) is 11.6. The molecule has 342 valence electrons. The van der Waals surface area contributed by atoms with Gasteiger partial charge in [0.2, 0.25) is 29.6 Å². The highest BCUT2D eigenvalue weighted by Crippen LogP contribution is 2.37. The van der Waals surface area contributed by atoms with Gasteiger partial charge in [-0.1, -0.05) is 41.1 Å². The topological polar surface area (TPSA) is 223 Å². The van der Waals surface area contributed by atoms with E-state index < -0.39 is 23.9 Å². The van der Waals surface area contributed by atoms with Gasteiger partial charge in [0.15, 0.2) is 5.82 Å². The Kier molecular flexibility index (Phi) is 15.4. The molecule has 1 fully saturated rings. The van der Waals surface area contributed by atoms with Crippen LogP contribution in [0.2, 0.25) is 0 Å². The van der Waals surface area contributed by atoms with Crippen LogP contribution in [0, 0.1) is 0 Å². The lowest BCUT2D eigenvalue weighted by Crippen LogP contribution is -2.52. The second kappa shape index (κ2) is 21.5. The van der Waals surface area contributed by atoms with Crippen molar-refractivity contribution in [2.24, 2.45) is 0 Å². The highest BCUT2D eigenvalue weighted by Gasteiger charge is 2.40. The molecule has 1 saturated heterocycles. The number of amides is 6. The van der Waals surface area contributed by atoms with Gasteiger partial charge in [-0.15, -0.1) is 0 Å². The number of methoxy groups -OCH3 is 1. The summed E-state index contributed by atoms with van der Waals surface area (Å²) in [4.78, 5) is 90.3. The number of piperidine rings is 1. The summed E-state index contributed by atoms with van der Waals surface area (Å²) in [7, 11) is 3.23. The van der Waals surface area contributed by atoms with Crippen LogP contribution in [0.15, 0.2) is 71.3 Å². The van der Waals surface area contributed by atoms with Crippen molar-refractivity contribution in [3.05, 3.63) is 93.6 Å².